The molecule has 1 fully saturated rings. The number of carbonyl (C=O) groups is 2. The third kappa shape index (κ3) is 4.76. The highest BCUT2D eigenvalue weighted by Gasteiger charge is 2.26. The van der Waals surface area contributed by atoms with Crippen LogP contribution in [0.15, 0.2) is 24.3 Å². The van der Waals surface area contributed by atoms with Crippen LogP contribution in [0.2, 0.25) is 0 Å². The van der Waals surface area contributed by atoms with Crippen molar-refractivity contribution >= 4 is 18.0 Å². The zero-order chi connectivity index (χ0) is 18.5. The lowest BCUT2D eigenvalue weighted by Gasteiger charge is -2.35. The van der Waals surface area contributed by atoms with Crippen molar-refractivity contribution in [2.75, 3.05) is 32.9 Å². The minimum atomic E-state index is -0.567. The number of amides is 1. The fraction of sp³-hybridized carbons (Fsp3) is 0.474. The molecule has 7 heteroatoms. The van der Waals surface area contributed by atoms with E-state index >= 15 is 0 Å². The van der Waals surface area contributed by atoms with Crippen LogP contribution in [0.3, 0.4) is 0 Å². The molecule has 1 saturated heterocycles. The number of hydrogen-bond donors (Lipinski definition) is 0. The monoisotopic (exact) mass is 361 g/mol. The highest BCUT2D eigenvalue weighted by Crippen LogP contribution is 2.31. The summed E-state index contributed by atoms with van der Waals surface area (Å²) in [6.45, 7) is 5.60. The number of ether oxygens (including phenoxy) is 4. The van der Waals surface area contributed by atoms with Crippen molar-refractivity contribution in [2.24, 2.45) is 0 Å². The molecule has 1 amide bonds. The molecule has 1 aromatic carbocycles. The van der Waals surface area contributed by atoms with Crippen molar-refractivity contribution in [1.29, 1.82) is 0 Å². The minimum Gasteiger partial charge on any atom is -0.486 e. The molecule has 2 atom stereocenters. The average Bonchev–Trinajstić information content (AvgIpc) is 2.63. The van der Waals surface area contributed by atoms with Gasteiger partial charge in [-0.1, -0.05) is 6.07 Å². The van der Waals surface area contributed by atoms with Gasteiger partial charge < -0.3 is 23.8 Å². The Morgan fingerprint density at radius 1 is 1.15 bits per heavy atom. The number of benzene rings is 1. The molecular weight excluding hydrogens is 338 g/mol. The second-order valence-electron chi connectivity index (χ2n) is 6.40. The second kappa shape index (κ2) is 8.23. The van der Waals surface area contributed by atoms with Crippen LogP contribution in [0.4, 0.5) is 0 Å². The number of rotatable bonds is 4. The maximum atomic E-state index is 12.2. The molecule has 140 valence electrons. The summed E-state index contributed by atoms with van der Waals surface area (Å²) < 4.78 is 21.6. The third-order valence-electron chi connectivity index (χ3n) is 4.09. The van der Waals surface area contributed by atoms with Gasteiger partial charge >= 0.3 is 5.97 Å². The van der Waals surface area contributed by atoms with E-state index in [-0.39, 0.29) is 24.7 Å². The number of esters is 1. The summed E-state index contributed by atoms with van der Waals surface area (Å²) >= 11 is 0. The molecule has 0 spiro atoms. The minimum absolute atomic E-state index is 0.0199. The van der Waals surface area contributed by atoms with Crippen molar-refractivity contribution in [3.63, 3.8) is 0 Å². The molecular formula is C19H23NO6. The van der Waals surface area contributed by atoms with E-state index in [1.807, 2.05) is 19.9 Å². The average molecular weight is 361 g/mol. The highest BCUT2D eigenvalue weighted by molar-refractivity contribution is 5.89. The fourth-order valence-electron chi connectivity index (χ4n) is 2.98. The van der Waals surface area contributed by atoms with Crippen LogP contribution in [-0.2, 0) is 19.1 Å². The molecule has 2 aliphatic heterocycles. The lowest BCUT2D eigenvalue weighted by atomic mass is 10.2. The van der Waals surface area contributed by atoms with Crippen molar-refractivity contribution in [1.82, 2.24) is 4.90 Å². The van der Waals surface area contributed by atoms with Gasteiger partial charge in [-0.25, -0.2) is 4.79 Å². The van der Waals surface area contributed by atoms with E-state index in [9.17, 15) is 9.59 Å². The van der Waals surface area contributed by atoms with Gasteiger partial charge in [-0.3, -0.25) is 4.79 Å². The first kappa shape index (κ1) is 18.3. The van der Waals surface area contributed by atoms with Crippen molar-refractivity contribution in [2.45, 2.75) is 26.1 Å². The zero-order valence-corrected chi connectivity index (χ0v) is 15.0. The molecule has 2 aliphatic rings. The first-order valence-electron chi connectivity index (χ1n) is 8.69. The molecule has 1 aromatic rings. The molecule has 7 nitrogen and oxygen atoms in total. The molecule has 0 N–H and O–H groups in total. The Labute approximate surface area is 152 Å². The topological polar surface area (TPSA) is 74.3 Å². The number of fused-ring (bicyclic) bond motifs is 1. The molecule has 0 radical (unpaired) electrons. The van der Waals surface area contributed by atoms with Crippen molar-refractivity contribution in [3.05, 3.63) is 29.8 Å². The Morgan fingerprint density at radius 2 is 1.85 bits per heavy atom. The van der Waals surface area contributed by atoms with Gasteiger partial charge in [0.25, 0.3) is 5.91 Å². The van der Waals surface area contributed by atoms with Crippen molar-refractivity contribution < 1.29 is 28.5 Å². The Kier molecular flexibility index (Phi) is 5.78. The number of morpholine rings is 1. The van der Waals surface area contributed by atoms with Gasteiger partial charge in [-0.05, 0) is 37.6 Å². The van der Waals surface area contributed by atoms with E-state index in [0.717, 1.165) is 5.56 Å². The Morgan fingerprint density at radius 3 is 2.58 bits per heavy atom. The largest absolute Gasteiger partial charge is 0.486 e. The Hall–Kier alpha value is -2.54. The molecule has 26 heavy (non-hydrogen) atoms. The summed E-state index contributed by atoms with van der Waals surface area (Å²) in [6, 6.07) is 5.41. The first-order chi connectivity index (χ1) is 12.5. The van der Waals surface area contributed by atoms with Gasteiger partial charge in [0.2, 0.25) is 0 Å². The van der Waals surface area contributed by atoms with Crippen LogP contribution in [0.1, 0.15) is 19.4 Å². The van der Waals surface area contributed by atoms with Crippen LogP contribution in [0, 0.1) is 0 Å². The van der Waals surface area contributed by atoms with Gasteiger partial charge in [0, 0.05) is 19.2 Å². The van der Waals surface area contributed by atoms with Gasteiger partial charge in [-0.15, -0.1) is 0 Å². The summed E-state index contributed by atoms with van der Waals surface area (Å²) in [5.41, 5.74) is 0.786. The smallest absolute Gasteiger partial charge is 0.331 e. The lowest BCUT2D eigenvalue weighted by molar-refractivity contribution is -0.154. The van der Waals surface area contributed by atoms with Gasteiger partial charge in [-0.2, -0.15) is 0 Å². The van der Waals surface area contributed by atoms with Crippen LogP contribution in [0.25, 0.3) is 6.08 Å². The summed E-state index contributed by atoms with van der Waals surface area (Å²) in [4.78, 5) is 25.7. The summed E-state index contributed by atoms with van der Waals surface area (Å²) in [5, 5.41) is 0. The van der Waals surface area contributed by atoms with E-state index in [4.69, 9.17) is 18.9 Å². The van der Waals surface area contributed by atoms with E-state index in [0.29, 0.717) is 37.8 Å². The molecule has 0 unspecified atom stereocenters. The number of nitrogens with zero attached hydrogens (tertiary/aromatic N) is 1. The van der Waals surface area contributed by atoms with E-state index in [1.165, 1.54) is 6.08 Å². The fourth-order valence-corrected chi connectivity index (χ4v) is 2.98. The van der Waals surface area contributed by atoms with Gasteiger partial charge in [0.05, 0.1) is 12.2 Å². The molecule has 0 aliphatic carbocycles. The quantitative estimate of drug-likeness (QED) is 0.600. The standard InChI is InChI=1S/C19H23NO6/c1-13-10-20(11-14(2)26-13)18(21)12-25-19(22)6-4-15-3-5-16-17(9-15)24-8-7-23-16/h3-6,9,13-14H,7-8,10-12H2,1-2H3/b6-4+/t13-,14-/m1/s1. The molecule has 0 bridgehead atoms. The van der Waals surface area contributed by atoms with Crippen LogP contribution < -0.4 is 9.47 Å². The Balaban J connectivity index is 1.49. The molecule has 0 aromatic heterocycles. The molecule has 2 heterocycles. The maximum absolute atomic E-state index is 12.2. The highest BCUT2D eigenvalue weighted by atomic mass is 16.6. The molecule has 0 saturated carbocycles. The molecule has 3 rings (SSSR count). The van der Waals surface area contributed by atoms with Crippen LogP contribution >= 0.6 is 0 Å². The van der Waals surface area contributed by atoms with Crippen molar-refractivity contribution in [3.8, 4) is 11.5 Å². The second-order valence-corrected chi connectivity index (χ2v) is 6.40. The predicted molar refractivity (Wildman–Crippen MR) is 94.0 cm³/mol. The first-order valence-corrected chi connectivity index (χ1v) is 8.69. The van der Waals surface area contributed by atoms with E-state index in [2.05, 4.69) is 0 Å². The zero-order valence-electron chi connectivity index (χ0n) is 15.0. The number of carbonyl (C=O) groups excluding carboxylic acids is 2. The number of hydrogen-bond acceptors (Lipinski definition) is 6. The third-order valence-corrected chi connectivity index (χ3v) is 4.09. The van der Waals surface area contributed by atoms with Crippen LogP contribution in [-0.4, -0.2) is 61.9 Å². The normalized spacial score (nSPS) is 22.3. The van der Waals surface area contributed by atoms with Gasteiger partial charge in [0.15, 0.2) is 18.1 Å². The van der Waals surface area contributed by atoms with E-state index < -0.39 is 5.97 Å². The lowest BCUT2D eigenvalue weighted by Crippen LogP contribution is -2.49. The summed E-state index contributed by atoms with van der Waals surface area (Å²) in [7, 11) is 0. The van der Waals surface area contributed by atoms with Gasteiger partial charge in [0.1, 0.15) is 13.2 Å². The van der Waals surface area contributed by atoms with E-state index in [1.54, 1.807) is 23.1 Å². The summed E-state index contributed by atoms with van der Waals surface area (Å²) in [6.07, 6.45) is 2.87. The predicted octanol–water partition coefficient (Wildman–Crippen LogP) is 1.65. The summed E-state index contributed by atoms with van der Waals surface area (Å²) in [5.74, 6) is 0.559. The SMILES string of the molecule is C[C@@H]1CN(C(=O)COC(=O)/C=C/c2ccc3c(c2)OCCO3)C[C@@H](C)O1. The Bertz CT molecular complexity index is 691. The maximum Gasteiger partial charge on any atom is 0.331 e. The van der Waals surface area contributed by atoms with Crippen LogP contribution in [0.5, 0.6) is 11.5 Å².